The maximum absolute atomic E-state index is 11.4. The molecule has 0 aliphatic heterocycles. The molecule has 0 atom stereocenters. The predicted octanol–water partition coefficient (Wildman–Crippen LogP) is 1.98. The largest absolute Gasteiger partial charge is 0.465 e. The molecule has 0 saturated carbocycles. The second kappa shape index (κ2) is 5.83. The third-order valence-corrected chi connectivity index (χ3v) is 2.57. The molecule has 1 aromatic carbocycles. The van der Waals surface area contributed by atoms with Crippen LogP contribution in [0.15, 0.2) is 35.1 Å². The third-order valence-electron chi connectivity index (χ3n) is 2.57. The third kappa shape index (κ3) is 2.91. The SMILES string of the molecule is COC(=O)c1ccc([N+](=O)[O-])c(NCc2ccon2)c1. The molecule has 0 bridgehead atoms. The van der Waals surface area contributed by atoms with Gasteiger partial charge in [-0.3, -0.25) is 10.1 Å². The summed E-state index contributed by atoms with van der Waals surface area (Å²) in [5.74, 6) is -0.565. The van der Waals surface area contributed by atoms with Crippen LogP contribution >= 0.6 is 0 Å². The lowest BCUT2D eigenvalue weighted by molar-refractivity contribution is -0.384. The van der Waals surface area contributed by atoms with E-state index in [-0.39, 0.29) is 23.5 Å². The van der Waals surface area contributed by atoms with Crippen LogP contribution in [0.1, 0.15) is 16.1 Å². The molecule has 1 aromatic heterocycles. The first-order valence-electron chi connectivity index (χ1n) is 5.61. The normalized spacial score (nSPS) is 10.1. The second-order valence-electron chi connectivity index (χ2n) is 3.82. The molecule has 0 spiro atoms. The first kappa shape index (κ1) is 13.5. The number of nitrogens with one attached hydrogen (secondary N) is 1. The first-order chi connectivity index (χ1) is 9.61. The van der Waals surface area contributed by atoms with Crippen LogP contribution in [-0.4, -0.2) is 23.2 Å². The molecule has 2 aromatic rings. The van der Waals surface area contributed by atoms with Gasteiger partial charge in [0.15, 0.2) is 0 Å². The zero-order chi connectivity index (χ0) is 14.5. The van der Waals surface area contributed by atoms with E-state index in [1.165, 1.54) is 31.6 Å². The smallest absolute Gasteiger partial charge is 0.337 e. The van der Waals surface area contributed by atoms with Crippen molar-refractivity contribution in [3.05, 3.63) is 51.9 Å². The molecule has 0 saturated heterocycles. The van der Waals surface area contributed by atoms with E-state index in [1.807, 2.05) is 0 Å². The molecular formula is C12H11N3O5. The van der Waals surface area contributed by atoms with Crippen molar-refractivity contribution in [1.82, 2.24) is 5.16 Å². The highest BCUT2D eigenvalue weighted by molar-refractivity contribution is 5.91. The number of carbonyl (C=O) groups excluding carboxylic acids is 1. The van der Waals surface area contributed by atoms with E-state index >= 15 is 0 Å². The lowest BCUT2D eigenvalue weighted by atomic mass is 10.1. The van der Waals surface area contributed by atoms with E-state index in [1.54, 1.807) is 6.07 Å². The van der Waals surface area contributed by atoms with E-state index in [4.69, 9.17) is 0 Å². The van der Waals surface area contributed by atoms with Gasteiger partial charge in [-0.25, -0.2) is 4.79 Å². The zero-order valence-electron chi connectivity index (χ0n) is 10.5. The van der Waals surface area contributed by atoms with Crippen molar-refractivity contribution < 1.29 is 19.0 Å². The van der Waals surface area contributed by atoms with E-state index in [0.717, 1.165) is 0 Å². The number of nitrogens with zero attached hydrogens (tertiary/aromatic N) is 2. The van der Waals surface area contributed by atoms with E-state index < -0.39 is 10.9 Å². The van der Waals surface area contributed by atoms with Crippen molar-refractivity contribution in [1.29, 1.82) is 0 Å². The van der Waals surface area contributed by atoms with Crippen molar-refractivity contribution in [2.24, 2.45) is 0 Å². The van der Waals surface area contributed by atoms with Crippen LogP contribution in [0.5, 0.6) is 0 Å². The molecule has 20 heavy (non-hydrogen) atoms. The minimum Gasteiger partial charge on any atom is -0.465 e. The van der Waals surface area contributed by atoms with E-state index in [9.17, 15) is 14.9 Å². The first-order valence-corrected chi connectivity index (χ1v) is 5.61. The number of nitro groups is 1. The Morgan fingerprint density at radius 3 is 2.90 bits per heavy atom. The van der Waals surface area contributed by atoms with Crippen LogP contribution in [0.3, 0.4) is 0 Å². The Hall–Kier alpha value is -2.90. The van der Waals surface area contributed by atoms with Gasteiger partial charge in [0.05, 0.1) is 24.1 Å². The van der Waals surface area contributed by atoms with Gasteiger partial charge in [-0.15, -0.1) is 0 Å². The quantitative estimate of drug-likeness (QED) is 0.505. The van der Waals surface area contributed by atoms with Crippen LogP contribution in [-0.2, 0) is 11.3 Å². The molecule has 1 heterocycles. The zero-order valence-corrected chi connectivity index (χ0v) is 10.5. The van der Waals surface area contributed by atoms with Crippen molar-refractivity contribution >= 4 is 17.3 Å². The summed E-state index contributed by atoms with van der Waals surface area (Å²) >= 11 is 0. The average molecular weight is 277 g/mol. The highest BCUT2D eigenvalue weighted by Gasteiger charge is 2.17. The monoisotopic (exact) mass is 277 g/mol. The van der Waals surface area contributed by atoms with Crippen molar-refractivity contribution in [2.45, 2.75) is 6.54 Å². The Kier molecular flexibility index (Phi) is 3.94. The maximum Gasteiger partial charge on any atom is 0.337 e. The van der Waals surface area contributed by atoms with Gasteiger partial charge in [0.2, 0.25) is 0 Å². The van der Waals surface area contributed by atoms with Gasteiger partial charge in [-0.05, 0) is 12.1 Å². The fourth-order valence-corrected chi connectivity index (χ4v) is 1.60. The number of anilines is 1. The maximum atomic E-state index is 11.4. The molecule has 1 N–H and O–H groups in total. The molecule has 0 unspecified atom stereocenters. The molecule has 8 heteroatoms. The summed E-state index contributed by atoms with van der Waals surface area (Å²) in [6.07, 6.45) is 1.40. The van der Waals surface area contributed by atoms with Crippen LogP contribution in [0.2, 0.25) is 0 Å². The number of ether oxygens (including phenoxy) is 1. The summed E-state index contributed by atoms with van der Waals surface area (Å²) in [4.78, 5) is 21.8. The highest BCUT2D eigenvalue weighted by atomic mass is 16.6. The summed E-state index contributed by atoms with van der Waals surface area (Å²) in [7, 11) is 1.24. The number of hydrogen-bond acceptors (Lipinski definition) is 7. The van der Waals surface area contributed by atoms with Crippen molar-refractivity contribution in [3.63, 3.8) is 0 Å². The fraction of sp³-hybridized carbons (Fsp3) is 0.167. The second-order valence-corrected chi connectivity index (χ2v) is 3.82. The van der Waals surface area contributed by atoms with E-state index in [2.05, 4.69) is 19.7 Å². The van der Waals surface area contributed by atoms with Gasteiger partial charge in [-0.1, -0.05) is 5.16 Å². The summed E-state index contributed by atoms with van der Waals surface area (Å²) < 4.78 is 9.24. The lowest BCUT2D eigenvalue weighted by Crippen LogP contribution is -2.06. The van der Waals surface area contributed by atoms with Gasteiger partial charge in [0, 0.05) is 12.1 Å². The number of esters is 1. The fourth-order valence-electron chi connectivity index (χ4n) is 1.60. The molecular weight excluding hydrogens is 266 g/mol. The van der Waals surface area contributed by atoms with Gasteiger partial charge in [0.1, 0.15) is 17.6 Å². The summed E-state index contributed by atoms with van der Waals surface area (Å²) in [5.41, 5.74) is 0.880. The lowest BCUT2D eigenvalue weighted by Gasteiger charge is -2.07. The Morgan fingerprint density at radius 2 is 2.30 bits per heavy atom. The van der Waals surface area contributed by atoms with Crippen molar-refractivity contribution in [3.8, 4) is 0 Å². The molecule has 0 fully saturated rings. The number of methoxy groups -OCH3 is 1. The Bertz CT molecular complexity index is 624. The van der Waals surface area contributed by atoms with Crippen molar-refractivity contribution in [2.75, 3.05) is 12.4 Å². The predicted molar refractivity (Wildman–Crippen MR) is 68.3 cm³/mol. The number of carbonyl (C=O) groups is 1. The highest BCUT2D eigenvalue weighted by Crippen LogP contribution is 2.26. The molecule has 8 nitrogen and oxygen atoms in total. The van der Waals surface area contributed by atoms with Gasteiger partial charge < -0.3 is 14.6 Å². The minimum atomic E-state index is -0.565. The summed E-state index contributed by atoms with van der Waals surface area (Å²) in [5, 5.41) is 17.5. The molecule has 2 rings (SSSR count). The minimum absolute atomic E-state index is 0.138. The Labute approximate surface area is 113 Å². The topological polar surface area (TPSA) is 108 Å². The summed E-state index contributed by atoms with van der Waals surface area (Å²) in [6.45, 7) is 0.238. The van der Waals surface area contributed by atoms with Gasteiger partial charge in [-0.2, -0.15) is 0 Å². The Balaban J connectivity index is 2.26. The van der Waals surface area contributed by atoms with Gasteiger partial charge >= 0.3 is 5.97 Å². The van der Waals surface area contributed by atoms with Crippen LogP contribution < -0.4 is 5.32 Å². The molecule has 0 radical (unpaired) electrons. The van der Waals surface area contributed by atoms with Gasteiger partial charge in [0.25, 0.3) is 5.69 Å². The molecule has 0 amide bonds. The number of aromatic nitrogens is 1. The van der Waals surface area contributed by atoms with E-state index in [0.29, 0.717) is 5.69 Å². The van der Waals surface area contributed by atoms with Crippen LogP contribution in [0.25, 0.3) is 0 Å². The molecule has 104 valence electrons. The molecule has 0 aliphatic rings. The standard InChI is InChI=1S/C12H11N3O5/c1-19-12(16)8-2-3-11(15(17)18)10(6-8)13-7-9-4-5-20-14-9/h2-6,13H,7H2,1H3. The number of benzene rings is 1. The number of rotatable bonds is 5. The van der Waals surface area contributed by atoms with Crippen LogP contribution in [0, 0.1) is 10.1 Å². The average Bonchev–Trinajstić information content (AvgIpc) is 2.97. The van der Waals surface area contributed by atoms with Crippen LogP contribution in [0.4, 0.5) is 11.4 Å². The number of hydrogen-bond donors (Lipinski definition) is 1. The Morgan fingerprint density at radius 1 is 1.50 bits per heavy atom. The summed E-state index contributed by atoms with van der Waals surface area (Å²) in [6, 6.07) is 5.58. The number of nitro benzene ring substituents is 1. The molecule has 0 aliphatic carbocycles.